The van der Waals surface area contributed by atoms with Crippen molar-refractivity contribution in [3.8, 4) is 0 Å². The Balaban J connectivity index is 1.84. The van der Waals surface area contributed by atoms with Crippen LogP contribution in [0.25, 0.3) is 0 Å². The lowest BCUT2D eigenvalue weighted by molar-refractivity contribution is 0.102. The summed E-state index contributed by atoms with van der Waals surface area (Å²) >= 11 is 3.29. The molecule has 3 rings (SSSR count). The molecule has 0 spiro atoms. The Morgan fingerprint density at radius 3 is 2.95 bits per heavy atom. The van der Waals surface area contributed by atoms with Gasteiger partial charge in [-0.2, -0.15) is 0 Å². The monoisotopic (exact) mass is 334 g/mol. The highest BCUT2D eigenvalue weighted by Gasteiger charge is 2.14. The smallest absolute Gasteiger partial charge is 0.255 e. The predicted molar refractivity (Wildman–Crippen MR) is 80.7 cm³/mol. The molecular weight excluding hydrogens is 323 g/mol. The fourth-order valence-electron chi connectivity index (χ4n) is 2.23. The molecule has 0 atom stereocenters. The molecule has 20 heavy (non-hydrogen) atoms. The van der Waals surface area contributed by atoms with E-state index in [1.807, 2.05) is 12.1 Å². The van der Waals surface area contributed by atoms with Crippen LogP contribution in [-0.2, 0) is 6.42 Å². The zero-order valence-electron chi connectivity index (χ0n) is 10.5. The molecule has 1 aliphatic heterocycles. The van der Waals surface area contributed by atoms with Crippen molar-refractivity contribution in [3.63, 3.8) is 0 Å². The second-order valence-electron chi connectivity index (χ2n) is 4.63. The fourth-order valence-corrected chi connectivity index (χ4v) is 2.58. The molecule has 0 saturated heterocycles. The Bertz CT molecular complexity index is 688. The first-order valence-corrected chi connectivity index (χ1v) is 7.06. The van der Waals surface area contributed by atoms with Crippen LogP contribution in [0.15, 0.2) is 40.9 Å². The maximum Gasteiger partial charge on any atom is 0.255 e. The van der Waals surface area contributed by atoms with Gasteiger partial charge in [0.25, 0.3) is 5.91 Å². The van der Waals surface area contributed by atoms with Gasteiger partial charge in [0.1, 0.15) is 5.82 Å². The maximum absolute atomic E-state index is 13.2. The number of nitrogens with one attached hydrogen (secondary N) is 2. The first-order chi connectivity index (χ1) is 9.63. The highest BCUT2D eigenvalue weighted by Crippen LogP contribution is 2.26. The number of fused-ring (bicyclic) bond motifs is 1. The molecule has 1 amide bonds. The summed E-state index contributed by atoms with van der Waals surface area (Å²) < 4.78 is 13.8. The van der Waals surface area contributed by atoms with Gasteiger partial charge in [-0.25, -0.2) is 4.39 Å². The van der Waals surface area contributed by atoms with Crippen LogP contribution in [0.4, 0.5) is 15.8 Å². The van der Waals surface area contributed by atoms with Gasteiger partial charge >= 0.3 is 0 Å². The number of carbonyl (C=O) groups is 1. The van der Waals surface area contributed by atoms with Crippen LogP contribution in [0.3, 0.4) is 0 Å². The number of rotatable bonds is 2. The molecule has 0 bridgehead atoms. The number of hydrogen-bond donors (Lipinski definition) is 2. The molecule has 2 N–H and O–H groups in total. The number of amides is 1. The van der Waals surface area contributed by atoms with E-state index in [-0.39, 0.29) is 11.7 Å². The Labute approximate surface area is 124 Å². The molecular formula is C15H12BrFN2O. The van der Waals surface area contributed by atoms with Gasteiger partial charge < -0.3 is 10.6 Å². The molecule has 2 aromatic carbocycles. The molecule has 0 unspecified atom stereocenters. The third-order valence-corrected chi connectivity index (χ3v) is 3.95. The molecule has 5 heteroatoms. The standard InChI is InChI=1S/C15H12BrFN2O/c16-12-3-2-11(17)8-14(12)19-15(20)10-1-4-13-9(7-10)5-6-18-13/h1-4,7-8,18H,5-6H2,(H,19,20). The van der Waals surface area contributed by atoms with Gasteiger partial charge in [0.05, 0.1) is 5.69 Å². The first-order valence-electron chi connectivity index (χ1n) is 6.27. The molecule has 0 aliphatic carbocycles. The van der Waals surface area contributed by atoms with Crippen molar-refractivity contribution in [1.29, 1.82) is 0 Å². The van der Waals surface area contributed by atoms with Crippen molar-refractivity contribution in [3.05, 3.63) is 57.8 Å². The quantitative estimate of drug-likeness (QED) is 0.876. The lowest BCUT2D eigenvalue weighted by Gasteiger charge is -2.08. The second kappa shape index (κ2) is 5.25. The average molecular weight is 335 g/mol. The number of anilines is 2. The Kier molecular flexibility index (Phi) is 3.44. The second-order valence-corrected chi connectivity index (χ2v) is 5.48. The summed E-state index contributed by atoms with van der Waals surface area (Å²) in [5.41, 5.74) is 3.21. The topological polar surface area (TPSA) is 41.1 Å². The lowest BCUT2D eigenvalue weighted by atomic mass is 10.1. The summed E-state index contributed by atoms with van der Waals surface area (Å²) in [5.74, 6) is -0.632. The van der Waals surface area contributed by atoms with Crippen LogP contribution in [0.5, 0.6) is 0 Å². The molecule has 1 aliphatic rings. The maximum atomic E-state index is 13.2. The fraction of sp³-hybridized carbons (Fsp3) is 0.133. The van der Waals surface area contributed by atoms with Gasteiger partial charge in [0.15, 0.2) is 0 Å². The first kappa shape index (κ1) is 13.1. The molecule has 0 radical (unpaired) electrons. The van der Waals surface area contributed by atoms with E-state index in [0.29, 0.717) is 15.7 Å². The lowest BCUT2D eigenvalue weighted by Crippen LogP contribution is -2.12. The molecule has 102 valence electrons. The van der Waals surface area contributed by atoms with Crippen LogP contribution in [0, 0.1) is 5.82 Å². The Hall–Kier alpha value is -1.88. The highest BCUT2D eigenvalue weighted by atomic mass is 79.9. The van der Waals surface area contributed by atoms with Gasteiger partial charge in [0.2, 0.25) is 0 Å². The van der Waals surface area contributed by atoms with E-state index in [2.05, 4.69) is 26.6 Å². The van der Waals surface area contributed by atoms with Gasteiger partial charge in [-0.05, 0) is 64.3 Å². The molecule has 3 nitrogen and oxygen atoms in total. The minimum atomic E-state index is -0.387. The van der Waals surface area contributed by atoms with Gasteiger partial charge in [-0.3, -0.25) is 4.79 Å². The molecule has 2 aromatic rings. The number of benzene rings is 2. The summed E-state index contributed by atoms with van der Waals surface area (Å²) in [6, 6.07) is 9.73. The van der Waals surface area contributed by atoms with Crippen LogP contribution < -0.4 is 10.6 Å². The Morgan fingerprint density at radius 1 is 1.25 bits per heavy atom. The predicted octanol–water partition coefficient (Wildman–Crippen LogP) is 3.81. The Morgan fingerprint density at radius 2 is 2.10 bits per heavy atom. The molecule has 1 heterocycles. The van der Waals surface area contributed by atoms with Crippen molar-refractivity contribution < 1.29 is 9.18 Å². The van der Waals surface area contributed by atoms with Crippen molar-refractivity contribution in [2.75, 3.05) is 17.2 Å². The minimum absolute atomic E-state index is 0.244. The van der Waals surface area contributed by atoms with E-state index in [1.165, 1.54) is 12.1 Å². The van der Waals surface area contributed by atoms with Crippen molar-refractivity contribution in [2.45, 2.75) is 6.42 Å². The average Bonchev–Trinajstić information content (AvgIpc) is 2.90. The summed E-state index contributed by atoms with van der Waals surface area (Å²) in [6.45, 7) is 0.899. The van der Waals surface area contributed by atoms with E-state index in [4.69, 9.17) is 0 Å². The van der Waals surface area contributed by atoms with Crippen molar-refractivity contribution in [1.82, 2.24) is 0 Å². The number of hydrogen-bond acceptors (Lipinski definition) is 2. The largest absolute Gasteiger partial charge is 0.384 e. The van der Waals surface area contributed by atoms with Gasteiger partial charge in [-0.15, -0.1) is 0 Å². The van der Waals surface area contributed by atoms with E-state index in [1.54, 1.807) is 12.1 Å². The van der Waals surface area contributed by atoms with E-state index in [9.17, 15) is 9.18 Å². The normalized spacial score (nSPS) is 12.7. The van der Waals surface area contributed by atoms with Crippen LogP contribution in [0.1, 0.15) is 15.9 Å². The van der Waals surface area contributed by atoms with Crippen LogP contribution >= 0.6 is 15.9 Å². The number of halogens is 2. The molecule has 0 saturated carbocycles. The SMILES string of the molecule is O=C(Nc1cc(F)ccc1Br)c1ccc2c(c1)CCN2. The summed E-state index contributed by atoms with van der Waals surface area (Å²) in [4.78, 5) is 12.2. The van der Waals surface area contributed by atoms with E-state index < -0.39 is 0 Å². The third kappa shape index (κ3) is 2.54. The summed E-state index contributed by atoms with van der Waals surface area (Å²) in [7, 11) is 0. The zero-order chi connectivity index (χ0) is 14.1. The van der Waals surface area contributed by atoms with Gasteiger partial charge in [-0.1, -0.05) is 0 Å². The summed E-state index contributed by atoms with van der Waals surface area (Å²) in [6.07, 6.45) is 0.917. The minimum Gasteiger partial charge on any atom is -0.384 e. The highest BCUT2D eigenvalue weighted by molar-refractivity contribution is 9.10. The van der Waals surface area contributed by atoms with Crippen LogP contribution in [0.2, 0.25) is 0 Å². The van der Waals surface area contributed by atoms with E-state index in [0.717, 1.165) is 24.2 Å². The number of carbonyl (C=O) groups excluding carboxylic acids is 1. The zero-order valence-corrected chi connectivity index (χ0v) is 12.1. The molecule has 0 aromatic heterocycles. The third-order valence-electron chi connectivity index (χ3n) is 3.25. The van der Waals surface area contributed by atoms with Gasteiger partial charge in [0, 0.05) is 22.3 Å². The van der Waals surface area contributed by atoms with Crippen molar-refractivity contribution in [2.24, 2.45) is 0 Å². The van der Waals surface area contributed by atoms with E-state index >= 15 is 0 Å². The van der Waals surface area contributed by atoms with Crippen molar-refractivity contribution >= 4 is 33.2 Å². The molecule has 0 fully saturated rings. The van der Waals surface area contributed by atoms with Crippen LogP contribution in [-0.4, -0.2) is 12.5 Å². The summed E-state index contributed by atoms with van der Waals surface area (Å²) in [5, 5.41) is 5.96.